The molecule has 0 bridgehead atoms. The zero-order chi connectivity index (χ0) is 12.5. The van der Waals surface area contributed by atoms with Crippen molar-refractivity contribution in [2.24, 2.45) is 0 Å². The molecule has 0 unspecified atom stereocenters. The summed E-state index contributed by atoms with van der Waals surface area (Å²) in [6.07, 6.45) is 0.658. The van der Waals surface area contributed by atoms with Gasteiger partial charge in [-0.3, -0.25) is 4.79 Å². The number of fused-ring (bicyclic) bond motifs is 1. The van der Waals surface area contributed by atoms with Crippen molar-refractivity contribution in [3.63, 3.8) is 0 Å². The summed E-state index contributed by atoms with van der Waals surface area (Å²) in [5.41, 5.74) is 0.379. The minimum absolute atomic E-state index is 0.394. The Hall–Kier alpha value is -2.04. The standard InChI is InChI=1S/C12H8F3NO/c13-12(14,15)9-3-4-10-8(2-1-5-17)7-16-11(10)6-9/h1-7,16H. The zero-order valence-corrected chi connectivity index (χ0v) is 8.58. The molecule has 1 aromatic carbocycles. The molecule has 0 saturated heterocycles. The van der Waals surface area contributed by atoms with Crippen LogP contribution in [0.4, 0.5) is 13.2 Å². The first kappa shape index (κ1) is 11.4. The van der Waals surface area contributed by atoms with E-state index in [9.17, 15) is 18.0 Å². The molecular weight excluding hydrogens is 231 g/mol. The molecule has 2 aromatic rings. The number of carbonyl (C=O) groups excluding carboxylic acids is 1. The quantitative estimate of drug-likeness (QED) is 0.632. The van der Waals surface area contributed by atoms with Crippen molar-refractivity contribution in [3.8, 4) is 0 Å². The van der Waals surface area contributed by atoms with Crippen LogP contribution in [0, 0.1) is 0 Å². The second-order valence-corrected chi connectivity index (χ2v) is 3.50. The third-order valence-electron chi connectivity index (χ3n) is 2.40. The summed E-state index contributed by atoms with van der Waals surface area (Å²) in [6.45, 7) is 0. The van der Waals surface area contributed by atoms with Gasteiger partial charge in [-0.25, -0.2) is 0 Å². The molecule has 0 aliphatic heterocycles. The molecule has 0 spiro atoms. The number of benzene rings is 1. The molecule has 17 heavy (non-hydrogen) atoms. The lowest BCUT2D eigenvalue weighted by Crippen LogP contribution is -2.04. The number of carbonyl (C=O) groups is 1. The van der Waals surface area contributed by atoms with Crippen LogP contribution in [0.1, 0.15) is 11.1 Å². The first-order valence-corrected chi connectivity index (χ1v) is 4.82. The van der Waals surface area contributed by atoms with Crippen LogP contribution in [-0.2, 0) is 11.0 Å². The number of aromatic amines is 1. The van der Waals surface area contributed by atoms with Crippen molar-refractivity contribution in [2.45, 2.75) is 6.18 Å². The predicted octanol–water partition coefficient (Wildman–Crippen LogP) is 3.40. The minimum atomic E-state index is -4.35. The molecule has 1 N–H and O–H groups in total. The Balaban J connectivity index is 2.52. The van der Waals surface area contributed by atoms with Crippen LogP contribution in [-0.4, -0.2) is 11.3 Å². The number of alkyl halides is 3. The van der Waals surface area contributed by atoms with Crippen molar-refractivity contribution in [1.82, 2.24) is 4.98 Å². The average Bonchev–Trinajstić information content (AvgIpc) is 2.67. The van der Waals surface area contributed by atoms with Crippen LogP contribution in [0.2, 0.25) is 0 Å². The normalized spacial score (nSPS) is 12.4. The summed E-state index contributed by atoms with van der Waals surface area (Å²) in [7, 11) is 0. The summed E-state index contributed by atoms with van der Waals surface area (Å²) in [5, 5.41) is 0.649. The topological polar surface area (TPSA) is 32.9 Å². The highest BCUT2D eigenvalue weighted by atomic mass is 19.4. The van der Waals surface area contributed by atoms with Gasteiger partial charge in [0, 0.05) is 17.1 Å². The van der Waals surface area contributed by atoms with E-state index in [1.165, 1.54) is 12.1 Å². The molecule has 88 valence electrons. The zero-order valence-electron chi connectivity index (χ0n) is 8.58. The Kier molecular flexibility index (Phi) is 2.75. The van der Waals surface area contributed by atoms with Crippen molar-refractivity contribution >= 4 is 23.3 Å². The SMILES string of the molecule is O=CC=Cc1c[nH]c2cc(C(F)(F)F)ccc12. The maximum Gasteiger partial charge on any atom is 0.416 e. The predicted molar refractivity (Wildman–Crippen MR) is 58.4 cm³/mol. The lowest BCUT2D eigenvalue weighted by molar-refractivity contribution is -0.137. The number of allylic oxidation sites excluding steroid dienone is 1. The number of hydrogen-bond acceptors (Lipinski definition) is 1. The number of H-pyrrole nitrogens is 1. The molecule has 0 atom stereocenters. The van der Waals surface area contributed by atoms with Gasteiger partial charge in [0.05, 0.1) is 5.56 Å². The number of aromatic nitrogens is 1. The van der Waals surface area contributed by atoms with Gasteiger partial charge in [-0.2, -0.15) is 13.2 Å². The first-order chi connectivity index (χ1) is 8.02. The van der Waals surface area contributed by atoms with E-state index in [2.05, 4.69) is 4.98 Å². The molecule has 1 heterocycles. The van der Waals surface area contributed by atoms with Crippen molar-refractivity contribution < 1.29 is 18.0 Å². The second kappa shape index (κ2) is 4.08. The Morgan fingerprint density at radius 3 is 2.65 bits per heavy atom. The molecule has 0 fully saturated rings. The van der Waals surface area contributed by atoms with Gasteiger partial charge in [-0.05, 0) is 29.8 Å². The van der Waals surface area contributed by atoms with Crippen molar-refractivity contribution in [1.29, 1.82) is 0 Å². The monoisotopic (exact) mass is 239 g/mol. The van der Waals surface area contributed by atoms with Gasteiger partial charge < -0.3 is 4.98 Å². The van der Waals surface area contributed by atoms with E-state index in [1.54, 1.807) is 12.3 Å². The van der Waals surface area contributed by atoms with Crippen LogP contribution < -0.4 is 0 Å². The van der Waals surface area contributed by atoms with Gasteiger partial charge >= 0.3 is 6.18 Å². The molecule has 0 aliphatic rings. The molecule has 1 aromatic heterocycles. The van der Waals surface area contributed by atoms with E-state index in [0.717, 1.165) is 12.1 Å². The second-order valence-electron chi connectivity index (χ2n) is 3.50. The fourth-order valence-corrected chi connectivity index (χ4v) is 1.61. The third kappa shape index (κ3) is 2.22. The molecule has 0 saturated carbocycles. The van der Waals surface area contributed by atoms with E-state index in [4.69, 9.17) is 0 Å². The summed E-state index contributed by atoms with van der Waals surface area (Å²) >= 11 is 0. The lowest BCUT2D eigenvalue weighted by Gasteiger charge is -2.05. The van der Waals surface area contributed by atoms with E-state index >= 15 is 0 Å². The number of rotatable bonds is 2. The van der Waals surface area contributed by atoms with E-state index in [0.29, 0.717) is 22.8 Å². The Bertz CT molecular complexity index is 581. The highest BCUT2D eigenvalue weighted by molar-refractivity contribution is 5.91. The number of nitrogens with one attached hydrogen (secondary N) is 1. The fraction of sp³-hybridized carbons (Fsp3) is 0.0833. The third-order valence-corrected chi connectivity index (χ3v) is 2.40. The number of aldehydes is 1. The van der Waals surface area contributed by atoms with Gasteiger partial charge in [0.15, 0.2) is 0 Å². The first-order valence-electron chi connectivity index (χ1n) is 4.82. The van der Waals surface area contributed by atoms with E-state index in [1.807, 2.05) is 0 Å². The summed E-state index contributed by atoms with van der Waals surface area (Å²) in [5.74, 6) is 0. The Morgan fingerprint density at radius 2 is 2.00 bits per heavy atom. The van der Waals surface area contributed by atoms with Gasteiger partial charge in [0.2, 0.25) is 0 Å². The van der Waals surface area contributed by atoms with Crippen LogP contribution in [0.5, 0.6) is 0 Å². The Morgan fingerprint density at radius 1 is 1.24 bits per heavy atom. The molecular formula is C12H8F3NO. The van der Waals surface area contributed by atoms with Crippen LogP contribution in [0.25, 0.3) is 17.0 Å². The molecule has 5 heteroatoms. The van der Waals surface area contributed by atoms with Gasteiger partial charge in [0.1, 0.15) is 6.29 Å². The molecule has 0 radical (unpaired) electrons. The smallest absolute Gasteiger partial charge is 0.361 e. The summed E-state index contributed by atoms with van der Waals surface area (Å²) < 4.78 is 37.4. The minimum Gasteiger partial charge on any atom is -0.361 e. The largest absolute Gasteiger partial charge is 0.416 e. The van der Waals surface area contributed by atoms with Gasteiger partial charge in [-0.15, -0.1) is 0 Å². The van der Waals surface area contributed by atoms with Gasteiger partial charge in [-0.1, -0.05) is 6.07 Å². The molecule has 0 amide bonds. The highest BCUT2D eigenvalue weighted by Gasteiger charge is 2.30. The molecule has 2 rings (SSSR count). The van der Waals surface area contributed by atoms with Crippen molar-refractivity contribution in [3.05, 3.63) is 41.6 Å². The fourth-order valence-electron chi connectivity index (χ4n) is 1.61. The molecule has 2 nitrogen and oxygen atoms in total. The molecule has 0 aliphatic carbocycles. The number of hydrogen-bond donors (Lipinski definition) is 1. The maximum absolute atomic E-state index is 12.5. The summed E-state index contributed by atoms with van der Waals surface area (Å²) in [4.78, 5) is 12.9. The van der Waals surface area contributed by atoms with Crippen molar-refractivity contribution in [2.75, 3.05) is 0 Å². The maximum atomic E-state index is 12.5. The lowest BCUT2D eigenvalue weighted by atomic mass is 10.1. The van der Waals surface area contributed by atoms with Crippen LogP contribution >= 0.6 is 0 Å². The average molecular weight is 239 g/mol. The van der Waals surface area contributed by atoms with E-state index in [-0.39, 0.29) is 0 Å². The Labute approximate surface area is 94.8 Å². The van der Waals surface area contributed by atoms with Crippen LogP contribution in [0.15, 0.2) is 30.5 Å². The van der Waals surface area contributed by atoms with Gasteiger partial charge in [0.25, 0.3) is 0 Å². The number of halogens is 3. The summed E-state index contributed by atoms with van der Waals surface area (Å²) in [6, 6.07) is 3.46. The highest BCUT2D eigenvalue weighted by Crippen LogP contribution is 2.32. The van der Waals surface area contributed by atoms with Crippen LogP contribution in [0.3, 0.4) is 0 Å². The van der Waals surface area contributed by atoms with E-state index < -0.39 is 11.7 Å².